The van der Waals surface area contributed by atoms with Crippen LogP contribution < -0.4 is 10.1 Å². The highest BCUT2D eigenvalue weighted by molar-refractivity contribution is 7.09. The van der Waals surface area contributed by atoms with Gasteiger partial charge in [0.15, 0.2) is 11.8 Å². The Morgan fingerprint density at radius 3 is 2.83 bits per heavy atom. The summed E-state index contributed by atoms with van der Waals surface area (Å²) in [6.45, 7) is 4.47. The minimum atomic E-state index is -1.04. The van der Waals surface area contributed by atoms with Gasteiger partial charge < -0.3 is 15.2 Å². The molecule has 3 rings (SSSR count). The third-order valence-electron chi connectivity index (χ3n) is 4.05. The van der Waals surface area contributed by atoms with Crippen molar-refractivity contribution in [1.82, 2.24) is 10.3 Å². The van der Waals surface area contributed by atoms with Gasteiger partial charge in [0.25, 0.3) is 5.91 Å². The lowest BCUT2D eigenvalue weighted by molar-refractivity contribution is -0.127. The van der Waals surface area contributed by atoms with Crippen LogP contribution in [0.4, 0.5) is 0 Å². The molecular weight excluding hydrogens is 328 g/mol. The van der Waals surface area contributed by atoms with E-state index in [1.807, 2.05) is 19.9 Å². The molecule has 1 aliphatic rings. The maximum absolute atomic E-state index is 12.2. The molecule has 24 heavy (non-hydrogen) atoms. The molecule has 1 amide bonds. The van der Waals surface area contributed by atoms with Crippen LogP contribution in [-0.4, -0.2) is 34.6 Å². The fraction of sp³-hybridized carbons (Fsp3) is 0.353. The molecule has 2 N–H and O–H groups in total. The topological polar surface area (TPSA) is 88.5 Å². The Labute approximate surface area is 143 Å². The second kappa shape index (κ2) is 6.60. The molecule has 1 aromatic heterocycles. The lowest BCUT2D eigenvalue weighted by Crippen LogP contribution is -2.38. The van der Waals surface area contributed by atoms with Gasteiger partial charge in [-0.3, -0.25) is 4.79 Å². The van der Waals surface area contributed by atoms with Crippen LogP contribution in [0.5, 0.6) is 5.75 Å². The van der Waals surface area contributed by atoms with Crippen molar-refractivity contribution in [1.29, 1.82) is 0 Å². The molecule has 0 radical (unpaired) electrons. The van der Waals surface area contributed by atoms with E-state index in [1.54, 1.807) is 0 Å². The minimum Gasteiger partial charge on any atom is -0.480 e. The third-order valence-corrected chi connectivity index (χ3v) is 4.96. The van der Waals surface area contributed by atoms with Crippen molar-refractivity contribution in [2.75, 3.05) is 6.54 Å². The Kier molecular flexibility index (Phi) is 4.53. The van der Waals surface area contributed by atoms with Gasteiger partial charge in [-0.1, -0.05) is 6.07 Å². The Morgan fingerprint density at radius 1 is 1.38 bits per heavy atom. The number of thiazole rings is 1. The van der Waals surface area contributed by atoms with E-state index in [-0.39, 0.29) is 11.6 Å². The standard InChI is InChI=1S/C17H18N2O4S/c1-9-5-11-7-14(23-13(11)6-10(9)2)16(20)18-4-3-15-19-12(8-24-15)17(21)22/h5-6,8,14H,3-4,7H2,1-2H3,(H,18,20)(H,21,22)/t14-/m1/s1. The lowest BCUT2D eigenvalue weighted by atomic mass is 10.0. The van der Waals surface area contributed by atoms with Gasteiger partial charge in [0.1, 0.15) is 5.75 Å². The quantitative estimate of drug-likeness (QED) is 0.866. The van der Waals surface area contributed by atoms with E-state index in [1.165, 1.54) is 22.3 Å². The van der Waals surface area contributed by atoms with Crippen LogP contribution in [0.15, 0.2) is 17.5 Å². The summed E-state index contributed by atoms with van der Waals surface area (Å²) < 4.78 is 5.74. The number of hydrogen-bond acceptors (Lipinski definition) is 5. The highest BCUT2D eigenvalue weighted by atomic mass is 32.1. The van der Waals surface area contributed by atoms with E-state index >= 15 is 0 Å². The summed E-state index contributed by atoms with van der Waals surface area (Å²) in [5, 5.41) is 13.9. The number of ether oxygens (including phenoxy) is 1. The number of fused-ring (bicyclic) bond motifs is 1. The SMILES string of the molecule is Cc1cc2c(cc1C)O[C@@H](C(=O)NCCc1nc(C(=O)O)cs1)C2. The Morgan fingerprint density at radius 2 is 2.12 bits per heavy atom. The van der Waals surface area contributed by atoms with Crippen LogP contribution in [0.25, 0.3) is 0 Å². The number of carboxylic acid groups (broad SMARTS) is 1. The zero-order valence-electron chi connectivity index (χ0n) is 13.5. The van der Waals surface area contributed by atoms with Crippen molar-refractivity contribution in [3.63, 3.8) is 0 Å². The number of amides is 1. The molecule has 0 bridgehead atoms. The van der Waals surface area contributed by atoms with Crippen LogP contribution >= 0.6 is 11.3 Å². The first-order chi connectivity index (χ1) is 11.4. The number of carbonyl (C=O) groups is 2. The lowest BCUT2D eigenvalue weighted by Gasteiger charge is -2.11. The second-order valence-electron chi connectivity index (χ2n) is 5.83. The average Bonchev–Trinajstić information content (AvgIpc) is 3.14. The van der Waals surface area contributed by atoms with Crippen LogP contribution in [-0.2, 0) is 17.6 Å². The molecule has 2 aromatic rings. The summed E-state index contributed by atoms with van der Waals surface area (Å²) >= 11 is 1.28. The number of nitrogens with zero attached hydrogens (tertiary/aromatic N) is 1. The van der Waals surface area contributed by atoms with Crippen LogP contribution in [0.3, 0.4) is 0 Å². The highest BCUT2D eigenvalue weighted by Gasteiger charge is 2.29. The van der Waals surface area contributed by atoms with Crippen molar-refractivity contribution in [2.45, 2.75) is 32.8 Å². The molecule has 1 aromatic carbocycles. The molecule has 2 heterocycles. The van der Waals surface area contributed by atoms with Crippen LogP contribution in [0, 0.1) is 13.8 Å². The number of carboxylic acids is 1. The van der Waals surface area contributed by atoms with Crippen LogP contribution in [0.1, 0.15) is 32.2 Å². The largest absolute Gasteiger partial charge is 0.480 e. The van der Waals surface area contributed by atoms with E-state index in [2.05, 4.69) is 16.4 Å². The molecule has 1 atom stereocenters. The fourth-order valence-electron chi connectivity index (χ4n) is 2.59. The van der Waals surface area contributed by atoms with Gasteiger partial charge in [-0.15, -0.1) is 11.3 Å². The Hall–Kier alpha value is -2.41. The molecule has 0 unspecified atom stereocenters. The van der Waals surface area contributed by atoms with Gasteiger partial charge in [0.05, 0.1) is 5.01 Å². The molecule has 0 spiro atoms. The average molecular weight is 346 g/mol. The maximum atomic E-state index is 12.2. The number of rotatable bonds is 5. The summed E-state index contributed by atoms with van der Waals surface area (Å²) in [7, 11) is 0. The van der Waals surface area contributed by atoms with Gasteiger partial charge in [-0.2, -0.15) is 0 Å². The predicted octanol–water partition coefficient (Wildman–Crippen LogP) is 2.12. The van der Waals surface area contributed by atoms with Crippen molar-refractivity contribution < 1.29 is 19.4 Å². The summed E-state index contributed by atoms with van der Waals surface area (Å²) in [5.74, 6) is -0.412. The van der Waals surface area contributed by atoms with Crippen molar-refractivity contribution >= 4 is 23.2 Å². The summed E-state index contributed by atoms with van der Waals surface area (Å²) in [6, 6.07) is 4.04. The van der Waals surface area contributed by atoms with E-state index in [9.17, 15) is 9.59 Å². The summed E-state index contributed by atoms with van der Waals surface area (Å²) in [5.41, 5.74) is 3.44. The van der Waals surface area contributed by atoms with Crippen molar-refractivity contribution in [3.05, 3.63) is 44.9 Å². The zero-order valence-corrected chi connectivity index (χ0v) is 14.3. The first-order valence-electron chi connectivity index (χ1n) is 7.66. The molecule has 0 fully saturated rings. The van der Waals surface area contributed by atoms with Gasteiger partial charge in [0, 0.05) is 24.8 Å². The molecule has 126 valence electrons. The van der Waals surface area contributed by atoms with Crippen LogP contribution in [0.2, 0.25) is 0 Å². The third kappa shape index (κ3) is 3.41. The number of hydrogen-bond donors (Lipinski definition) is 2. The first-order valence-corrected chi connectivity index (χ1v) is 8.54. The normalized spacial score (nSPS) is 15.7. The zero-order chi connectivity index (χ0) is 17.3. The number of nitrogens with one attached hydrogen (secondary N) is 1. The van der Waals surface area contributed by atoms with Gasteiger partial charge in [-0.25, -0.2) is 9.78 Å². The number of aryl methyl sites for hydroxylation is 2. The highest BCUT2D eigenvalue weighted by Crippen LogP contribution is 2.31. The monoisotopic (exact) mass is 346 g/mol. The van der Waals surface area contributed by atoms with Gasteiger partial charge in [0.2, 0.25) is 0 Å². The van der Waals surface area contributed by atoms with E-state index in [0.29, 0.717) is 24.4 Å². The predicted molar refractivity (Wildman–Crippen MR) is 89.8 cm³/mol. The second-order valence-corrected chi connectivity index (χ2v) is 6.77. The van der Waals surface area contributed by atoms with Gasteiger partial charge >= 0.3 is 5.97 Å². The summed E-state index contributed by atoms with van der Waals surface area (Å²) in [6.07, 6.45) is 0.566. The maximum Gasteiger partial charge on any atom is 0.355 e. The van der Waals surface area contributed by atoms with E-state index < -0.39 is 12.1 Å². The van der Waals surface area contributed by atoms with E-state index in [0.717, 1.165) is 16.9 Å². The smallest absolute Gasteiger partial charge is 0.355 e. The molecule has 0 saturated heterocycles. The van der Waals surface area contributed by atoms with Crippen molar-refractivity contribution in [2.24, 2.45) is 0 Å². The first kappa shape index (κ1) is 16.4. The molecule has 6 nitrogen and oxygen atoms in total. The molecule has 7 heteroatoms. The summed E-state index contributed by atoms with van der Waals surface area (Å²) in [4.78, 5) is 27.0. The number of aromatic nitrogens is 1. The molecule has 0 saturated carbocycles. The Bertz CT molecular complexity index is 769. The van der Waals surface area contributed by atoms with Crippen molar-refractivity contribution in [3.8, 4) is 5.75 Å². The minimum absolute atomic E-state index is 0.0432. The molecular formula is C17H18N2O4S. The molecule has 1 aliphatic heterocycles. The van der Waals surface area contributed by atoms with E-state index in [4.69, 9.17) is 9.84 Å². The Balaban J connectivity index is 1.52. The number of benzene rings is 1. The number of carbonyl (C=O) groups excluding carboxylic acids is 1. The molecule has 0 aliphatic carbocycles. The fourth-order valence-corrected chi connectivity index (χ4v) is 3.36. The van der Waals surface area contributed by atoms with Gasteiger partial charge in [-0.05, 0) is 36.6 Å². The number of aromatic carboxylic acids is 1.